The minimum Gasteiger partial charge on any atom is -0.504 e. The molecule has 15 nitrogen and oxygen atoms in total. The van der Waals surface area contributed by atoms with Crippen molar-refractivity contribution in [1.82, 2.24) is 0 Å². The van der Waals surface area contributed by atoms with E-state index in [0.29, 0.717) is 5.75 Å². The van der Waals surface area contributed by atoms with E-state index in [4.69, 9.17) is 42.6 Å². The number of hydrogen-bond acceptors (Lipinski definition) is 15. The van der Waals surface area contributed by atoms with Gasteiger partial charge in [0.05, 0.1) is 74.5 Å². The minimum atomic E-state index is -1.68. The average Bonchev–Trinajstić information content (AvgIpc) is 3.48. The van der Waals surface area contributed by atoms with E-state index in [1.54, 1.807) is 0 Å². The summed E-state index contributed by atoms with van der Waals surface area (Å²) in [5, 5.41) is 51.9. The van der Waals surface area contributed by atoms with Crippen LogP contribution in [-0.2, 0) is 14.2 Å². The Morgan fingerprint density at radius 3 is 1.91 bits per heavy atom. The molecule has 2 saturated heterocycles. The summed E-state index contributed by atoms with van der Waals surface area (Å²) in [5.74, 6) is -1.29. The SMILES string of the molecule is COc1cc(C(=O)C2COC(c3cc(OC)c(OC)c(OC)c3O)C2CO[C@@H]2O[C@H](CO)[C@@H](O)[C@H](O)[C@H]2O)cc(OC)c1OC. The molecule has 0 aliphatic carbocycles. The fourth-order valence-corrected chi connectivity index (χ4v) is 5.68. The third-order valence-corrected chi connectivity index (χ3v) is 8.09. The van der Waals surface area contributed by atoms with Gasteiger partial charge in [0.15, 0.2) is 35.1 Å². The Bertz CT molecular complexity index is 1310. The standard InChI is InChI=1S/C30H40O15/c1-37-17-7-13(8-18(38-2)27(17)40-4)21(32)15-11-43-26(14-9-19(39-3)28(41-5)29(42-6)22(14)33)16(15)12-44-30-25(36)24(35)23(34)20(10-31)45-30/h7-9,15-16,20,23-26,30-31,33-36H,10-12H2,1-6H3/t15?,16?,20-,23-,24+,25-,26?,30-/m1/s1. The molecule has 2 aromatic rings. The maximum absolute atomic E-state index is 14.1. The molecule has 0 saturated carbocycles. The van der Waals surface area contributed by atoms with Crippen molar-refractivity contribution in [3.63, 3.8) is 0 Å². The zero-order valence-electron chi connectivity index (χ0n) is 25.8. The van der Waals surface area contributed by atoms with Gasteiger partial charge in [-0.1, -0.05) is 0 Å². The molecule has 15 heteroatoms. The van der Waals surface area contributed by atoms with Crippen molar-refractivity contribution in [3.8, 4) is 40.2 Å². The number of aromatic hydroxyl groups is 1. The molecule has 2 heterocycles. The van der Waals surface area contributed by atoms with Gasteiger partial charge < -0.3 is 68.2 Å². The van der Waals surface area contributed by atoms with E-state index in [1.807, 2.05) is 0 Å². The molecule has 0 radical (unpaired) electrons. The Morgan fingerprint density at radius 1 is 0.800 bits per heavy atom. The van der Waals surface area contributed by atoms with Gasteiger partial charge in [-0.15, -0.1) is 0 Å². The second-order valence-corrected chi connectivity index (χ2v) is 10.4. The Hall–Kier alpha value is -3.57. The Labute approximate surface area is 259 Å². The fraction of sp³-hybridized carbons (Fsp3) is 0.567. The number of carbonyl (C=O) groups excluding carboxylic acids is 1. The molecular formula is C30H40O15. The third kappa shape index (κ3) is 6.42. The predicted octanol–water partition coefficient (Wildman–Crippen LogP) is 0.447. The summed E-state index contributed by atoms with van der Waals surface area (Å²) in [7, 11) is 8.41. The summed E-state index contributed by atoms with van der Waals surface area (Å²) >= 11 is 0. The second kappa shape index (κ2) is 14.7. The number of benzene rings is 2. The van der Waals surface area contributed by atoms with Gasteiger partial charge in [-0.25, -0.2) is 0 Å². The number of phenols is 1. The first-order valence-corrected chi connectivity index (χ1v) is 14.0. The minimum absolute atomic E-state index is 0.0246. The van der Waals surface area contributed by atoms with E-state index in [1.165, 1.54) is 60.9 Å². The van der Waals surface area contributed by atoms with Crippen LogP contribution in [0.3, 0.4) is 0 Å². The highest BCUT2D eigenvalue weighted by atomic mass is 16.7. The lowest BCUT2D eigenvalue weighted by atomic mass is 9.82. The first kappa shape index (κ1) is 34.3. The predicted molar refractivity (Wildman–Crippen MR) is 154 cm³/mol. The number of ether oxygens (including phenoxy) is 9. The van der Waals surface area contributed by atoms with Gasteiger partial charge in [0.25, 0.3) is 0 Å². The largest absolute Gasteiger partial charge is 0.504 e. The summed E-state index contributed by atoms with van der Waals surface area (Å²) in [6, 6.07) is 4.50. The molecule has 250 valence electrons. The molecule has 4 rings (SSSR count). The highest BCUT2D eigenvalue weighted by molar-refractivity contribution is 5.99. The molecule has 8 atom stereocenters. The highest BCUT2D eigenvalue weighted by Crippen LogP contribution is 2.52. The molecule has 0 aromatic heterocycles. The maximum Gasteiger partial charge on any atom is 0.207 e. The van der Waals surface area contributed by atoms with Crippen LogP contribution in [0.1, 0.15) is 22.0 Å². The Balaban J connectivity index is 1.75. The van der Waals surface area contributed by atoms with Crippen molar-refractivity contribution in [2.75, 3.05) is 62.5 Å². The number of hydrogen-bond donors (Lipinski definition) is 5. The highest BCUT2D eigenvalue weighted by Gasteiger charge is 2.48. The third-order valence-electron chi connectivity index (χ3n) is 8.09. The summed E-state index contributed by atoms with van der Waals surface area (Å²) in [4.78, 5) is 14.1. The van der Waals surface area contributed by atoms with Crippen molar-refractivity contribution >= 4 is 5.78 Å². The van der Waals surface area contributed by atoms with Crippen LogP contribution in [-0.4, -0.2) is 125 Å². The van der Waals surface area contributed by atoms with Crippen molar-refractivity contribution in [2.24, 2.45) is 11.8 Å². The lowest BCUT2D eigenvalue weighted by Crippen LogP contribution is -2.59. The van der Waals surface area contributed by atoms with E-state index in [0.717, 1.165) is 0 Å². The van der Waals surface area contributed by atoms with Crippen LogP contribution in [0.4, 0.5) is 0 Å². The molecule has 2 aliphatic rings. The number of ketones is 1. The van der Waals surface area contributed by atoms with E-state index in [9.17, 15) is 30.3 Å². The molecule has 0 spiro atoms. The maximum atomic E-state index is 14.1. The Kier molecular flexibility index (Phi) is 11.2. The normalized spacial score (nSPS) is 28.0. The lowest BCUT2D eigenvalue weighted by molar-refractivity contribution is -0.304. The summed E-state index contributed by atoms with van der Waals surface area (Å²) < 4.78 is 50.0. The molecule has 2 fully saturated rings. The van der Waals surface area contributed by atoms with Crippen LogP contribution >= 0.6 is 0 Å². The second-order valence-electron chi connectivity index (χ2n) is 10.4. The van der Waals surface area contributed by atoms with Crippen LogP contribution in [0.15, 0.2) is 18.2 Å². The number of phenolic OH excluding ortho intramolecular Hbond substituents is 1. The van der Waals surface area contributed by atoms with Gasteiger partial charge in [0.2, 0.25) is 17.2 Å². The number of aliphatic hydroxyl groups excluding tert-OH is 4. The van der Waals surface area contributed by atoms with E-state index in [-0.39, 0.29) is 64.6 Å². The van der Waals surface area contributed by atoms with Crippen molar-refractivity contribution in [1.29, 1.82) is 0 Å². The van der Waals surface area contributed by atoms with Gasteiger partial charge in [-0.3, -0.25) is 4.79 Å². The molecule has 5 N–H and O–H groups in total. The number of rotatable bonds is 13. The number of Topliss-reactive ketones (excluding diaryl/α,β-unsaturated/α-hetero) is 1. The molecule has 2 aromatic carbocycles. The van der Waals surface area contributed by atoms with Gasteiger partial charge in [0, 0.05) is 17.0 Å². The average molecular weight is 641 g/mol. The van der Waals surface area contributed by atoms with Gasteiger partial charge in [-0.2, -0.15) is 0 Å². The zero-order valence-corrected chi connectivity index (χ0v) is 25.8. The van der Waals surface area contributed by atoms with Crippen LogP contribution < -0.4 is 28.4 Å². The Morgan fingerprint density at radius 2 is 1.38 bits per heavy atom. The fourth-order valence-electron chi connectivity index (χ4n) is 5.68. The summed E-state index contributed by atoms with van der Waals surface area (Å²) in [5.41, 5.74) is 0.415. The molecule has 3 unspecified atom stereocenters. The lowest BCUT2D eigenvalue weighted by Gasteiger charge is -2.40. The summed E-state index contributed by atoms with van der Waals surface area (Å²) in [6.45, 7) is -1.06. The monoisotopic (exact) mass is 640 g/mol. The first-order chi connectivity index (χ1) is 21.6. The molecular weight excluding hydrogens is 600 g/mol. The number of methoxy groups -OCH3 is 6. The van der Waals surface area contributed by atoms with Crippen LogP contribution in [0.25, 0.3) is 0 Å². The first-order valence-electron chi connectivity index (χ1n) is 14.0. The van der Waals surface area contributed by atoms with E-state index >= 15 is 0 Å². The van der Waals surface area contributed by atoms with Gasteiger partial charge >= 0.3 is 0 Å². The quantitative estimate of drug-likeness (QED) is 0.189. The van der Waals surface area contributed by atoms with Gasteiger partial charge in [0.1, 0.15) is 24.4 Å². The molecule has 0 bridgehead atoms. The smallest absolute Gasteiger partial charge is 0.207 e. The van der Waals surface area contributed by atoms with Crippen LogP contribution in [0.5, 0.6) is 40.2 Å². The van der Waals surface area contributed by atoms with Crippen LogP contribution in [0.2, 0.25) is 0 Å². The van der Waals surface area contributed by atoms with Crippen molar-refractivity contribution in [2.45, 2.75) is 36.8 Å². The molecule has 45 heavy (non-hydrogen) atoms. The zero-order chi connectivity index (χ0) is 33.0. The number of carbonyl (C=O) groups is 1. The topological polar surface area (TPSA) is 201 Å². The number of aliphatic hydroxyl groups is 4. The van der Waals surface area contributed by atoms with Crippen molar-refractivity contribution < 1.29 is 73.0 Å². The molecule has 2 aliphatic heterocycles. The van der Waals surface area contributed by atoms with E-state index in [2.05, 4.69) is 0 Å². The van der Waals surface area contributed by atoms with Gasteiger partial charge in [-0.05, 0) is 18.2 Å². The van der Waals surface area contributed by atoms with Crippen molar-refractivity contribution in [3.05, 3.63) is 29.3 Å². The summed E-state index contributed by atoms with van der Waals surface area (Å²) in [6.07, 6.45) is -8.61. The van der Waals surface area contributed by atoms with Crippen LogP contribution in [0, 0.1) is 11.8 Å². The van der Waals surface area contributed by atoms with E-state index < -0.39 is 55.3 Å². The molecule has 0 amide bonds.